The molecule has 1 rings (SSSR count). The molecule has 3 heteroatoms. The minimum atomic E-state index is 0.541. The molecule has 0 fully saturated rings. The molecule has 1 atom stereocenters. The summed E-state index contributed by atoms with van der Waals surface area (Å²) in [4.78, 5) is 6.44. The monoisotopic (exact) mass is 249 g/mol. The van der Waals surface area contributed by atoms with Gasteiger partial charge in [-0.25, -0.2) is 0 Å². The fraction of sp³-hybridized carbons (Fsp3) is 0.667. The number of aryl methyl sites for hydroxylation is 1. The van der Waals surface area contributed by atoms with E-state index in [1.54, 1.807) is 0 Å². The predicted octanol–water partition coefficient (Wildman–Crippen LogP) is 2.46. The highest BCUT2D eigenvalue weighted by atomic mass is 15.1. The van der Waals surface area contributed by atoms with Crippen LogP contribution in [-0.4, -0.2) is 36.6 Å². The molecular weight excluding hydrogens is 222 g/mol. The predicted molar refractivity (Wildman–Crippen MR) is 77.6 cm³/mol. The molecule has 3 nitrogen and oxygen atoms in total. The molecule has 0 saturated carbocycles. The van der Waals surface area contributed by atoms with E-state index >= 15 is 0 Å². The first kappa shape index (κ1) is 15.1. The first-order chi connectivity index (χ1) is 8.49. The molecule has 1 aromatic heterocycles. The van der Waals surface area contributed by atoms with Crippen molar-refractivity contribution in [2.75, 3.05) is 20.6 Å². The highest BCUT2D eigenvalue weighted by molar-refractivity contribution is 5.21. The first-order valence-corrected chi connectivity index (χ1v) is 6.76. The summed E-state index contributed by atoms with van der Waals surface area (Å²) in [6.45, 7) is 8.68. The highest BCUT2D eigenvalue weighted by Gasteiger charge is 2.11. The van der Waals surface area contributed by atoms with Crippen molar-refractivity contribution in [2.24, 2.45) is 5.92 Å². The van der Waals surface area contributed by atoms with Gasteiger partial charge in [0.05, 0.1) is 0 Å². The standard InChI is InChI=1S/C15H27N3/c1-12(2)8-15(11-18(4)5)17-10-14-9-16-7-6-13(14)3/h6-7,9,12,15,17H,8,10-11H2,1-5H3. The molecule has 1 aromatic rings. The Kier molecular flexibility index (Phi) is 6.30. The number of likely N-dealkylation sites (N-methyl/N-ethyl adjacent to an activating group) is 1. The number of nitrogens with zero attached hydrogens (tertiary/aromatic N) is 2. The minimum Gasteiger partial charge on any atom is -0.309 e. The topological polar surface area (TPSA) is 28.2 Å². The van der Waals surface area contributed by atoms with Crippen LogP contribution in [0.3, 0.4) is 0 Å². The Morgan fingerprint density at radius 2 is 2.06 bits per heavy atom. The third-order valence-corrected chi connectivity index (χ3v) is 3.07. The van der Waals surface area contributed by atoms with E-state index in [-0.39, 0.29) is 0 Å². The van der Waals surface area contributed by atoms with E-state index < -0.39 is 0 Å². The van der Waals surface area contributed by atoms with Gasteiger partial charge in [-0.3, -0.25) is 4.98 Å². The summed E-state index contributed by atoms with van der Waals surface area (Å²) in [6.07, 6.45) is 5.02. The van der Waals surface area contributed by atoms with Crippen molar-refractivity contribution in [3.05, 3.63) is 29.6 Å². The Bertz CT molecular complexity index is 337. The van der Waals surface area contributed by atoms with Crippen LogP contribution in [0.4, 0.5) is 0 Å². The van der Waals surface area contributed by atoms with Gasteiger partial charge in [0.15, 0.2) is 0 Å². The summed E-state index contributed by atoms with van der Waals surface area (Å²) < 4.78 is 0. The first-order valence-electron chi connectivity index (χ1n) is 6.76. The number of aromatic nitrogens is 1. The van der Waals surface area contributed by atoms with Crippen molar-refractivity contribution in [3.63, 3.8) is 0 Å². The van der Waals surface area contributed by atoms with Crippen LogP contribution >= 0.6 is 0 Å². The number of pyridine rings is 1. The number of nitrogens with one attached hydrogen (secondary N) is 1. The Labute approximate surface area is 112 Å². The van der Waals surface area contributed by atoms with Crippen LogP contribution in [0.5, 0.6) is 0 Å². The van der Waals surface area contributed by atoms with E-state index in [0.717, 1.165) is 19.0 Å². The maximum atomic E-state index is 4.19. The maximum absolute atomic E-state index is 4.19. The maximum Gasteiger partial charge on any atom is 0.0315 e. The minimum absolute atomic E-state index is 0.541. The Morgan fingerprint density at radius 1 is 1.33 bits per heavy atom. The zero-order chi connectivity index (χ0) is 13.5. The molecule has 0 aliphatic rings. The van der Waals surface area contributed by atoms with E-state index in [4.69, 9.17) is 0 Å². The molecular formula is C15H27N3. The van der Waals surface area contributed by atoms with Crippen LogP contribution in [0.1, 0.15) is 31.4 Å². The van der Waals surface area contributed by atoms with E-state index in [2.05, 4.69) is 56.1 Å². The molecule has 0 amide bonds. The molecule has 1 N–H and O–H groups in total. The highest BCUT2D eigenvalue weighted by Crippen LogP contribution is 2.09. The fourth-order valence-corrected chi connectivity index (χ4v) is 2.17. The van der Waals surface area contributed by atoms with Crippen LogP contribution < -0.4 is 5.32 Å². The van der Waals surface area contributed by atoms with E-state index in [1.807, 2.05) is 12.4 Å². The van der Waals surface area contributed by atoms with Gasteiger partial charge >= 0.3 is 0 Å². The Balaban J connectivity index is 2.53. The SMILES string of the molecule is Cc1ccncc1CNC(CC(C)C)CN(C)C. The van der Waals surface area contributed by atoms with E-state index in [0.29, 0.717) is 6.04 Å². The van der Waals surface area contributed by atoms with Gasteiger partial charge in [-0.1, -0.05) is 13.8 Å². The van der Waals surface area contributed by atoms with Crippen molar-refractivity contribution in [1.82, 2.24) is 15.2 Å². The summed E-state index contributed by atoms with van der Waals surface area (Å²) in [5.41, 5.74) is 2.61. The van der Waals surface area contributed by atoms with Gasteiger partial charge in [0.25, 0.3) is 0 Å². The second kappa shape index (κ2) is 7.49. The van der Waals surface area contributed by atoms with E-state index in [9.17, 15) is 0 Å². The van der Waals surface area contributed by atoms with Crippen molar-refractivity contribution < 1.29 is 0 Å². The molecule has 0 spiro atoms. The van der Waals surface area contributed by atoms with Gasteiger partial charge in [0, 0.05) is 31.5 Å². The molecule has 18 heavy (non-hydrogen) atoms. The van der Waals surface area contributed by atoms with E-state index in [1.165, 1.54) is 17.5 Å². The van der Waals surface area contributed by atoms with Crippen LogP contribution in [-0.2, 0) is 6.54 Å². The quantitative estimate of drug-likeness (QED) is 0.804. The van der Waals surface area contributed by atoms with Crippen LogP contribution in [0.2, 0.25) is 0 Å². The Morgan fingerprint density at radius 3 is 2.61 bits per heavy atom. The third-order valence-electron chi connectivity index (χ3n) is 3.07. The lowest BCUT2D eigenvalue weighted by Crippen LogP contribution is -2.38. The lowest BCUT2D eigenvalue weighted by Gasteiger charge is -2.24. The van der Waals surface area contributed by atoms with Crippen LogP contribution in [0, 0.1) is 12.8 Å². The average molecular weight is 249 g/mol. The molecule has 0 bridgehead atoms. The second-order valence-corrected chi connectivity index (χ2v) is 5.77. The van der Waals surface area contributed by atoms with Gasteiger partial charge in [0.2, 0.25) is 0 Å². The van der Waals surface area contributed by atoms with Gasteiger partial charge in [-0.05, 0) is 50.6 Å². The van der Waals surface area contributed by atoms with Crippen molar-refractivity contribution >= 4 is 0 Å². The largest absolute Gasteiger partial charge is 0.309 e. The summed E-state index contributed by atoms with van der Waals surface area (Å²) in [5, 5.41) is 3.66. The van der Waals surface area contributed by atoms with Crippen molar-refractivity contribution in [1.29, 1.82) is 0 Å². The normalized spacial score (nSPS) is 13.3. The Hall–Kier alpha value is -0.930. The fourth-order valence-electron chi connectivity index (χ4n) is 2.17. The van der Waals surface area contributed by atoms with Crippen LogP contribution in [0.25, 0.3) is 0 Å². The summed E-state index contributed by atoms with van der Waals surface area (Å²) >= 11 is 0. The third kappa shape index (κ3) is 5.61. The summed E-state index contributed by atoms with van der Waals surface area (Å²) in [5.74, 6) is 0.720. The van der Waals surface area contributed by atoms with Gasteiger partial charge in [-0.2, -0.15) is 0 Å². The summed E-state index contributed by atoms with van der Waals surface area (Å²) in [7, 11) is 4.26. The molecule has 0 saturated heterocycles. The second-order valence-electron chi connectivity index (χ2n) is 5.77. The molecule has 1 heterocycles. The smallest absolute Gasteiger partial charge is 0.0315 e. The average Bonchev–Trinajstić information content (AvgIpc) is 2.26. The van der Waals surface area contributed by atoms with Crippen molar-refractivity contribution in [3.8, 4) is 0 Å². The zero-order valence-corrected chi connectivity index (χ0v) is 12.4. The lowest BCUT2D eigenvalue weighted by molar-refractivity contribution is 0.305. The number of hydrogen-bond donors (Lipinski definition) is 1. The zero-order valence-electron chi connectivity index (χ0n) is 12.4. The van der Waals surface area contributed by atoms with Crippen molar-refractivity contribution in [2.45, 2.75) is 39.8 Å². The molecule has 0 aliphatic heterocycles. The van der Waals surface area contributed by atoms with Gasteiger partial charge in [0.1, 0.15) is 0 Å². The lowest BCUT2D eigenvalue weighted by atomic mass is 10.0. The molecule has 1 unspecified atom stereocenters. The molecule has 102 valence electrons. The number of rotatable bonds is 7. The number of hydrogen-bond acceptors (Lipinski definition) is 3. The molecule has 0 aromatic carbocycles. The van der Waals surface area contributed by atoms with Gasteiger partial charge < -0.3 is 10.2 Å². The molecule has 0 radical (unpaired) electrons. The van der Waals surface area contributed by atoms with Gasteiger partial charge in [-0.15, -0.1) is 0 Å². The molecule has 0 aliphatic carbocycles. The summed E-state index contributed by atoms with van der Waals surface area (Å²) in [6, 6.07) is 2.61. The van der Waals surface area contributed by atoms with Crippen LogP contribution in [0.15, 0.2) is 18.5 Å².